The zero-order chi connectivity index (χ0) is 20.0. The highest BCUT2D eigenvalue weighted by atomic mass is 35.5. The molecule has 3 aromatic rings. The fourth-order valence-electron chi connectivity index (χ4n) is 3.56. The van der Waals surface area contributed by atoms with Crippen molar-refractivity contribution in [3.8, 4) is 5.69 Å². The summed E-state index contributed by atoms with van der Waals surface area (Å²) in [7, 11) is 0. The van der Waals surface area contributed by atoms with E-state index in [1.54, 1.807) is 40.2 Å². The molecule has 0 spiro atoms. The minimum Gasteiger partial charge on any atom is -0.329 e. The Balaban J connectivity index is 1.70. The van der Waals surface area contributed by atoms with Crippen LogP contribution in [0.15, 0.2) is 47.7 Å². The van der Waals surface area contributed by atoms with Crippen LogP contribution in [0.3, 0.4) is 0 Å². The largest absolute Gasteiger partial charge is 0.329 e. The molecule has 0 fully saturated rings. The Kier molecular flexibility index (Phi) is 4.77. The van der Waals surface area contributed by atoms with Gasteiger partial charge in [-0.05, 0) is 37.6 Å². The average Bonchev–Trinajstić information content (AvgIpc) is 3.10. The minimum atomic E-state index is -0.265. The number of benzene rings is 1. The predicted octanol–water partition coefficient (Wildman–Crippen LogP) is 3.87. The Morgan fingerprint density at radius 1 is 1.11 bits per heavy atom. The van der Waals surface area contributed by atoms with Crippen molar-refractivity contribution >= 4 is 29.1 Å². The molecule has 8 heteroatoms. The van der Waals surface area contributed by atoms with E-state index in [-0.39, 0.29) is 17.5 Å². The molecule has 6 nitrogen and oxygen atoms in total. The molecular formula is C20H18Cl2N4O2. The number of fused-ring (bicyclic) bond motifs is 1. The zero-order valence-corrected chi connectivity index (χ0v) is 16.9. The number of aromatic nitrogens is 3. The van der Waals surface area contributed by atoms with E-state index in [1.807, 2.05) is 26.0 Å². The second-order valence-corrected chi connectivity index (χ2v) is 7.59. The van der Waals surface area contributed by atoms with Gasteiger partial charge in [0, 0.05) is 19.3 Å². The lowest BCUT2D eigenvalue weighted by Gasteiger charge is -2.35. The standard InChI is InChI=1S/C20H18Cl2N4O2/c1-12-10-24(11-23-12)16-6-7-17-20(28)25(8-9-26(17)19(16)27)13(2)14-4-3-5-15(21)18(14)22/h3-7,10-11,13H,8-9H2,1-2H3. The molecule has 144 valence electrons. The third-order valence-corrected chi connectivity index (χ3v) is 5.92. The van der Waals surface area contributed by atoms with E-state index in [1.165, 1.54) is 4.57 Å². The van der Waals surface area contributed by atoms with Crippen LogP contribution in [-0.2, 0) is 6.54 Å². The van der Waals surface area contributed by atoms with Crippen LogP contribution < -0.4 is 5.56 Å². The third kappa shape index (κ3) is 3.02. The predicted molar refractivity (Wildman–Crippen MR) is 108 cm³/mol. The molecule has 1 aliphatic heterocycles. The molecule has 1 amide bonds. The maximum Gasteiger partial charge on any atom is 0.275 e. The Hall–Kier alpha value is -2.57. The number of hydrogen-bond donors (Lipinski definition) is 0. The lowest BCUT2D eigenvalue weighted by molar-refractivity contribution is 0.0628. The van der Waals surface area contributed by atoms with Crippen molar-refractivity contribution in [1.29, 1.82) is 0 Å². The number of amides is 1. The summed E-state index contributed by atoms with van der Waals surface area (Å²) in [6.45, 7) is 4.58. The zero-order valence-electron chi connectivity index (χ0n) is 15.4. The molecule has 1 aromatic carbocycles. The summed E-state index contributed by atoms with van der Waals surface area (Å²) in [6, 6.07) is 8.47. The molecule has 0 bridgehead atoms. The summed E-state index contributed by atoms with van der Waals surface area (Å²) in [5.74, 6) is -0.208. The van der Waals surface area contributed by atoms with Crippen LogP contribution in [0.1, 0.15) is 34.7 Å². The smallest absolute Gasteiger partial charge is 0.275 e. The van der Waals surface area contributed by atoms with Gasteiger partial charge in [-0.15, -0.1) is 0 Å². The van der Waals surface area contributed by atoms with E-state index in [0.717, 1.165) is 11.3 Å². The number of pyridine rings is 1. The SMILES string of the molecule is Cc1cn(-c2ccc3n(c2=O)CCN(C(C)c2cccc(Cl)c2Cl)C3=O)cn1. The van der Waals surface area contributed by atoms with Gasteiger partial charge >= 0.3 is 0 Å². The second kappa shape index (κ2) is 7.11. The van der Waals surface area contributed by atoms with Gasteiger partial charge in [0.1, 0.15) is 11.4 Å². The molecule has 0 saturated carbocycles. The Morgan fingerprint density at radius 3 is 2.61 bits per heavy atom. The molecule has 1 aliphatic rings. The summed E-state index contributed by atoms with van der Waals surface area (Å²) in [4.78, 5) is 31.9. The first-order valence-corrected chi connectivity index (χ1v) is 9.63. The van der Waals surface area contributed by atoms with Gasteiger partial charge in [0.25, 0.3) is 11.5 Å². The van der Waals surface area contributed by atoms with Gasteiger partial charge in [0.2, 0.25) is 0 Å². The van der Waals surface area contributed by atoms with Crippen molar-refractivity contribution < 1.29 is 4.79 Å². The van der Waals surface area contributed by atoms with E-state index in [0.29, 0.717) is 34.5 Å². The molecule has 28 heavy (non-hydrogen) atoms. The number of carbonyl (C=O) groups excluding carboxylic acids is 1. The number of hydrogen-bond acceptors (Lipinski definition) is 3. The van der Waals surface area contributed by atoms with Gasteiger partial charge < -0.3 is 14.0 Å². The minimum absolute atomic E-state index is 0.208. The molecule has 4 rings (SSSR count). The monoisotopic (exact) mass is 416 g/mol. The molecule has 0 radical (unpaired) electrons. The van der Waals surface area contributed by atoms with E-state index in [4.69, 9.17) is 23.2 Å². The summed E-state index contributed by atoms with van der Waals surface area (Å²) < 4.78 is 3.20. The Morgan fingerprint density at radius 2 is 1.89 bits per heavy atom. The van der Waals surface area contributed by atoms with Gasteiger partial charge in [0.15, 0.2) is 0 Å². The lowest BCUT2D eigenvalue weighted by atomic mass is 10.0. The number of aryl methyl sites for hydroxylation is 1. The van der Waals surface area contributed by atoms with Crippen molar-refractivity contribution in [3.63, 3.8) is 0 Å². The van der Waals surface area contributed by atoms with Crippen molar-refractivity contribution in [2.24, 2.45) is 0 Å². The summed E-state index contributed by atoms with van der Waals surface area (Å²) in [5, 5.41) is 0.894. The van der Waals surface area contributed by atoms with E-state index < -0.39 is 0 Å². The lowest BCUT2D eigenvalue weighted by Crippen LogP contribution is -2.45. The number of rotatable bonds is 3. The molecule has 0 N–H and O–H groups in total. The van der Waals surface area contributed by atoms with E-state index >= 15 is 0 Å². The van der Waals surface area contributed by atoms with Gasteiger partial charge in [-0.2, -0.15) is 0 Å². The summed E-state index contributed by atoms with van der Waals surface area (Å²) in [6.07, 6.45) is 3.38. The second-order valence-electron chi connectivity index (χ2n) is 6.80. The molecule has 0 saturated heterocycles. The number of carbonyl (C=O) groups is 1. The first kappa shape index (κ1) is 18.8. The maximum absolute atomic E-state index is 13.1. The molecule has 1 unspecified atom stereocenters. The Bertz CT molecular complexity index is 1140. The first-order chi connectivity index (χ1) is 13.4. The highest BCUT2D eigenvalue weighted by Gasteiger charge is 2.31. The van der Waals surface area contributed by atoms with Crippen molar-refractivity contribution in [2.75, 3.05) is 6.54 Å². The maximum atomic E-state index is 13.1. The summed E-state index contributed by atoms with van der Waals surface area (Å²) >= 11 is 12.5. The molecule has 1 atom stereocenters. The fraction of sp³-hybridized carbons (Fsp3) is 0.250. The van der Waals surface area contributed by atoms with Crippen LogP contribution >= 0.6 is 23.2 Å². The topological polar surface area (TPSA) is 60.1 Å². The van der Waals surface area contributed by atoms with E-state index in [9.17, 15) is 9.59 Å². The highest BCUT2D eigenvalue weighted by molar-refractivity contribution is 6.42. The fourth-order valence-corrected chi connectivity index (χ4v) is 4.03. The molecule has 0 aliphatic carbocycles. The molecule has 3 heterocycles. The van der Waals surface area contributed by atoms with Crippen molar-refractivity contribution in [3.05, 3.63) is 80.2 Å². The average molecular weight is 417 g/mol. The quantitative estimate of drug-likeness (QED) is 0.650. The summed E-state index contributed by atoms with van der Waals surface area (Å²) in [5.41, 5.74) is 2.22. The van der Waals surface area contributed by atoms with Crippen LogP contribution in [-0.4, -0.2) is 31.5 Å². The molecule has 2 aromatic heterocycles. The highest BCUT2D eigenvalue weighted by Crippen LogP contribution is 2.33. The van der Waals surface area contributed by atoms with Crippen LogP contribution in [0.25, 0.3) is 5.69 Å². The third-order valence-electron chi connectivity index (χ3n) is 5.09. The van der Waals surface area contributed by atoms with Gasteiger partial charge in [-0.3, -0.25) is 9.59 Å². The van der Waals surface area contributed by atoms with Crippen LogP contribution in [0.5, 0.6) is 0 Å². The number of nitrogens with zero attached hydrogens (tertiary/aromatic N) is 4. The van der Waals surface area contributed by atoms with Gasteiger partial charge in [-0.1, -0.05) is 35.3 Å². The molecular weight excluding hydrogens is 399 g/mol. The van der Waals surface area contributed by atoms with Gasteiger partial charge in [0.05, 0.1) is 28.1 Å². The normalized spacial score (nSPS) is 14.9. The van der Waals surface area contributed by atoms with Crippen molar-refractivity contribution in [1.82, 2.24) is 19.0 Å². The van der Waals surface area contributed by atoms with Gasteiger partial charge in [-0.25, -0.2) is 4.98 Å². The first-order valence-electron chi connectivity index (χ1n) is 8.88. The Labute approximate surface area is 171 Å². The van der Waals surface area contributed by atoms with Crippen molar-refractivity contribution in [2.45, 2.75) is 26.4 Å². The number of imidazole rings is 1. The van der Waals surface area contributed by atoms with Crippen LogP contribution in [0, 0.1) is 6.92 Å². The van der Waals surface area contributed by atoms with Crippen LogP contribution in [0.4, 0.5) is 0 Å². The van der Waals surface area contributed by atoms with Crippen LogP contribution in [0.2, 0.25) is 10.0 Å². The van der Waals surface area contributed by atoms with E-state index in [2.05, 4.69) is 4.98 Å². The number of halogens is 2.